The van der Waals surface area contributed by atoms with Crippen molar-refractivity contribution in [1.29, 1.82) is 0 Å². The summed E-state index contributed by atoms with van der Waals surface area (Å²) < 4.78 is 11.1. The zero-order valence-corrected chi connectivity index (χ0v) is 20.9. The summed E-state index contributed by atoms with van der Waals surface area (Å²) in [6.07, 6.45) is 2.76. The highest BCUT2D eigenvalue weighted by Crippen LogP contribution is 2.36. The number of hydrogen-bond donors (Lipinski definition) is 1. The number of rotatable bonds is 7. The summed E-state index contributed by atoms with van der Waals surface area (Å²) in [5.74, 6) is -0.645. The van der Waals surface area contributed by atoms with Crippen molar-refractivity contribution in [1.82, 2.24) is 0 Å². The first-order valence-corrected chi connectivity index (χ1v) is 12.1. The van der Waals surface area contributed by atoms with Crippen LogP contribution in [0, 0.1) is 24.7 Å². The molecule has 0 saturated heterocycles. The molecule has 3 rings (SSSR count). The van der Waals surface area contributed by atoms with E-state index in [0.717, 1.165) is 19.3 Å². The number of nitrogens with one attached hydrogen (secondary N) is 1. The first-order valence-electron chi connectivity index (χ1n) is 11.7. The molecule has 3 atom stereocenters. The summed E-state index contributed by atoms with van der Waals surface area (Å²) in [6.45, 7) is 7.73. The highest BCUT2D eigenvalue weighted by Gasteiger charge is 2.34. The SMILES string of the molecule is Cc1c(Cl)cccc1NC(=O)COC(=O)c1ccccc1C(=O)O[C@@H]1C[C@H](C)CC[C@H]1C(C)C. The second-order valence-corrected chi connectivity index (χ2v) is 9.76. The maximum atomic E-state index is 13.0. The van der Waals surface area contributed by atoms with Crippen LogP contribution >= 0.6 is 11.6 Å². The van der Waals surface area contributed by atoms with Crippen LogP contribution in [-0.2, 0) is 14.3 Å². The molecule has 182 valence electrons. The van der Waals surface area contributed by atoms with Crippen molar-refractivity contribution in [3.8, 4) is 0 Å². The third-order valence-electron chi connectivity index (χ3n) is 6.46. The molecule has 1 N–H and O–H groups in total. The van der Waals surface area contributed by atoms with Gasteiger partial charge in [-0.15, -0.1) is 0 Å². The molecule has 0 heterocycles. The summed E-state index contributed by atoms with van der Waals surface area (Å²) >= 11 is 6.08. The Hall–Kier alpha value is -2.86. The van der Waals surface area contributed by atoms with E-state index in [4.69, 9.17) is 21.1 Å². The van der Waals surface area contributed by atoms with Crippen LogP contribution in [0.2, 0.25) is 5.02 Å². The van der Waals surface area contributed by atoms with Gasteiger partial charge >= 0.3 is 11.9 Å². The number of hydrogen-bond acceptors (Lipinski definition) is 5. The van der Waals surface area contributed by atoms with Gasteiger partial charge in [0.15, 0.2) is 6.61 Å². The summed E-state index contributed by atoms with van der Waals surface area (Å²) in [4.78, 5) is 38.1. The molecule has 0 bridgehead atoms. The van der Waals surface area contributed by atoms with E-state index >= 15 is 0 Å². The minimum atomic E-state index is -0.761. The van der Waals surface area contributed by atoms with Gasteiger partial charge in [0, 0.05) is 10.7 Å². The predicted molar refractivity (Wildman–Crippen MR) is 132 cm³/mol. The number of benzene rings is 2. The van der Waals surface area contributed by atoms with Crippen molar-refractivity contribution in [3.63, 3.8) is 0 Å². The number of amides is 1. The van der Waals surface area contributed by atoms with Crippen molar-refractivity contribution in [2.75, 3.05) is 11.9 Å². The summed E-state index contributed by atoms with van der Waals surface area (Å²) in [6, 6.07) is 11.5. The maximum absolute atomic E-state index is 13.0. The normalized spacial score (nSPS) is 20.0. The minimum Gasteiger partial charge on any atom is -0.458 e. The Bertz CT molecular complexity index is 1050. The fourth-order valence-electron chi connectivity index (χ4n) is 4.43. The lowest BCUT2D eigenvalue weighted by molar-refractivity contribution is -0.119. The third kappa shape index (κ3) is 6.38. The number of anilines is 1. The van der Waals surface area contributed by atoms with E-state index in [0.29, 0.717) is 28.1 Å². The van der Waals surface area contributed by atoms with Gasteiger partial charge in [-0.2, -0.15) is 0 Å². The average Bonchev–Trinajstić information content (AvgIpc) is 2.80. The Morgan fingerprint density at radius 1 is 1.03 bits per heavy atom. The van der Waals surface area contributed by atoms with Crippen LogP contribution in [0.5, 0.6) is 0 Å². The topological polar surface area (TPSA) is 81.7 Å². The van der Waals surface area contributed by atoms with Gasteiger partial charge in [0.1, 0.15) is 6.10 Å². The second-order valence-electron chi connectivity index (χ2n) is 9.35. The van der Waals surface area contributed by atoms with E-state index in [9.17, 15) is 14.4 Å². The molecule has 0 radical (unpaired) electrons. The fraction of sp³-hybridized carbons (Fsp3) is 0.444. The standard InChI is InChI=1S/C27H32ClNO5/c1-16(2)19-13-12-17(3)14-24(19)34-27(32)21-9-6-5-8-20(21)26(31)33-15-25(30)29-23-11-7-10-22(28)18(23)4/h5-11,16-17,19,24H,12-15H2,1-4H3,(H,29,30)/t17-,19+,24-/m1/s1. The zero-order chi connectivity index (χ0) is 24.8. The molecule has 34 heavy (non-hydrogen) atoms. The molecule has 2 aromatic carbocycles. The molecule has 2 aromatic rings. The molecular formula is C27H32ClNO5. The van der Waals surface area contributed by atoms with Gasteiger partial charge in [0.2, 0.25) is 0 Å². The fourth-order valence-corrected chi connectivity index (χ4v) is 4.60. The van der Waals surface area contributed by atoms with Crippen LogP contribution in [0.4, 0.5) is 5.69 Å². The highest BCUT2D eigenvalue weighted by molar-refractivity contribution is 6.31. The average molecular weight is 486 g/mol. The predicted octanol–water partition coefficient (Wildman–Crippen LogP) is 6.06. The first-order chi connectivity index (χ1) is 16.2. The maximum Gasteiger partial charge on any atom is 0.339 e. The van der Waals surface area contributed by atoms with Gasteiger partial charge < -0.3 is 14.8 Å². The van der Waals surface area contributed by atoms with E-state index in [-0.39, 0.29) is 23.1 Å². The summed E-state index contributed by atoms with van der Waals surface area (Å²) in [5, 5.41) is 3.20. The lowest BCUT2D eigenvalue weighted by Gasteiger charge is -2.36. The Morgan fingerprint density at radius 2 is 1.71 bits per heavy atom. The lowest BCUT2D eigenvalue weighted by Crippen LogP contribution is -2.36. The molecule has 0 aliphatic heterocycles. The Labute approximate surface area is 206 Å². The number of esters is 2. The highest BCUT2D eigenvalue weighted by atomic mass is 35.5. The molecule has 1 fully saturated rings. The molecular weight excluding hydrogens is 454 g/mol. The zero-order valence-electron chi connectivity index (χ0n) is 20.1. The number of ether oxygens (including phenoxy) is 2. The number of carbonyl (C=O) groups is 3. The van der Waals surface area contributed by atoms with E-state index in [1.54, 1.807) is 43.3 Å². The molecule has 1 saturated carbocycles. The van der Waals surface area contributed by atoms with Gasteiger partial charge in [-0.05, 0) is 67.3 Å². The van der Waals surface area contributed by atoms with Crippen LogP contribution in [0.15, 0.2) is 42.5 Å². The lowest BCUT2D eigenvalue weighted by atomic mass is 9.75. The molecule has 1 aliphatic rings. The molecule has 1 amide bonds. The first kappa shape index (κ1) is 25.8. The molecule has 6 nitrogen and oxygen atoms in total. The number of carbonyl (C=O) groups excluding carboxylic acids is 3. The molecule has 1 aliphatic carbocycles. The number of halogens is 1. The molecule has 0 spiro atoms. The summed E-state index contributed by atoms with van der Waals surface area (Å²) in [5.41, 5.74) is 1.47. The van der Waals surface area contributed by atoms with Crippen molar-refractivity contribution in [2.24, 2.45) is 17.8 Å². The van der Waals surface area contributed by atoms with Gasteiger partial charge in [-0.1, -0.05) is 57.0 Å². The van der Waals surface area contributed by atoms with Gasteiger partial charge in [-0.25, -0.2) is 9.59 Å². The van der Waals surface area contributed by atoms with Crippen LogP contribution in [0.1, 0.15) is 66.3 Å². The van der Waals surface area contributed by atoms with Crippen molar-refractivity contribution >= 4 is 35.1 Å². The van der Waals surface area contributed by atoms with Crippen molar-refractivity contribution in [3.05, 3.63) is 64.2 Å². The van der Waals surface area contributed by atoms with E-state index in [1.807, 2.05) is 0 Å². The Kier molecular flexibility index (Phi) is 8.72. The van der Waals surface area contributed by atoms with Gasteiger partial charge in [0.05, 0.1) is 11.1 Å². The van der Waals surface area contributed by atoms with E-state index < -0.39 is 24.5 Å². The molecule has 0 unspecified atom stereocenters. The Balaban J connectivity index is 1.65. The Morgan fingerprint density at radius 3 is 2.38 bits per heavy atom. The van der Waals surface area contributed by atoms with Crippen LogP contribution < -0.4 is 5.32 Å². The minimum absolute atomic E-state index is 0.0733. The van der Waals surface area contributed by atoms with Crippen molar-refractivity contribution in [2.45, 2.75) is 53.1 Å². The molecule has 0 aromatic heterocycles. The largest absolute Gasteiger partial charge is 0.458 e. The van der Waals surface area contributed by atoms with Crippen LogP contribution in [-0.4, -0.2) is 30.6 Å². The van der Waals surface area contributed by atoms with Gasteiger partial charge in [-0.3, -0.25) is 4.79 Å². The van der Waals surface area contributed by atoms with Gasteiger partial charge in [0.25, 0.3) is 5.91 Å². The molecule has 7 heteroatoms. The second kappa shape index (κ2) is 11.5. The van der Waals surface area contributed by atoms with Crippen LogP contribution in [0.3, 0.4) is 0 Å². The van der Waals surface area contributed by atoms with E-state index in [1.165, 1.54) is 6.07 Å². The van der Waals surface area contributed by atoms with E-state index in [2.05, 4.69) is 26.1 Å². The smallest absolute Gasteiger partial charge is 0.339 e. The monoisotopic (exact) mass is 485 g/mol. The van der Waals surface area contributed by atoms with Crippen molar-refractivity contribution < 1.29 is 23.9 Å². The van der Waals surface area contributed by atoms with Crippen LogP contribution in [0.25, 0.3) is 0 Å². The quantitative estimate of drug-likeness (QED) is 0.482. The third-order valence-corrected chi connectivity index (χ3v) is 6.87. The summed E-state index contributed by atoms with van der Waals surface area (Å²) in [7, 11) is 0.